The van der Waals surface area contributed by atoms with Crippen molar-refractivity contribution < 1.29 is 14.3 Å². The van der Waals surface area contributed by atoms with Gasteiger partial charge in [-0.05, 0) is 6.42 Å². The number of amides is 1. The largest absolute Gasteiger partial charge is 0.439 e. The molecule has 10 heavy (non-hydrogen) atoms. The maximum Gasteiger partial charge on any atom is 0.405 e. The summed E-state index contributed by atoms with van der Waals surface area (Å²) in [5.74, 6) is 0. The van der Waals surface area contributed by atoms with Crippen LogP contribution in [0.15, 0.2) is 0 Å². The van der Waals surface area contributed by atoms with Gasteiger partial charge in [0, 0.05) is 0 Å². The van der Waals surface area contributed by atoms with Crippen molar-refractivity contribution in [2.75, 3.05) is 0 Å². The molecular weight excluding hydrogens is 134 g/mol. The monoisotopic (exact) mass is 145 g/mol. The van der Waals surface area contributed by atoms with E-state index in [1.807, 2.05) is 6.92 Å². The summed E-state index contributed by atoms with van der Waals surface area (Å²) in [6.07, 6.45) is 0.338. The van der Waals surface area contributed by atoms with Crippen LogP contribution in [0.25, 0.3) is 0 Å². The molecule has 0 aliphatic rings. The summed E-state index contributed by atoms with van der Waals surface area (Å²) in [6, 6.07) is 0. The number of nitrogens with two attached hydrogens (primary N) is 1. The SMILES string of the molecule is CCCC(C=O)OC(N)=O. The Morgan fingerprint density at radius 3 is 2.70 bits per heavy atom. The first-order valence-corrected chi connectivity index (χ1v) is 3.12. The quantitative estimate of drug-likeness (QED) is 0.584. The highest BCUT2D eigenvalue weighted by Gasteiger charge is 2.08. The molecular formula is C6H11NO3. The van der Waals surface area contributed by atoms with Crippen molar-refractivity contribution in [2.24, 2.45) is 5.73 Å². The maximum atomic E-state index is 10.1. The van der Waals surface area contributed by atoms with Gasteiger partial charge < -0.3 is 10.5 Å². The number of carbonyl (C=O) groups is 2. The van der Waals surface area contributed by atoms with Crippen molar-refractivity contribution in [3.05, 3.63) is 0 Å². The molecule has 0 saturated carbocycles. The van der Waals surface area contributed by atoms with Crippen LogP contribution in [-0.2, 0) is 9.53 Å². The summed E-state index contributed by atoms with van der Waals surface area (Å²) in [5, 5.41) is 0. The number of ether oxygens (including phenoxy) is 1. The molecule has 1 amide bonds. The summed E-state index contributed by atoms with van der Waals surface area (Å²) in [5.41, 5.74) is 4.68. The Kier molecular flexibility index (Phi) is 4.28. The fraction of sp³-hybridized carbons (Fsp3) is 0.667. The van der Waals surface area contributed by atoms with Crippen LogP contribution in [0.1, 0.15) is 19.8 Å². The smallest absolute Gasteiger partial charge is 0.405 e. The molecule has 0 heterocycles. The number of hydrogen-bond acceptors (Lipinski definition) is 3. The lowest BCUT2D eigenvalue weighted by atomic mass is 10.2. The Labute approximate surface area is 59.3 Å². The lowest BCUT2D eigenvalue weighted by Crippen LogP contribution is -2.23. The van der Waals surface area contributed by atoms with E-state index in [0.717, 1.165) is 6.42 Å². The van der Waals surface area contributed by atoms with Crippen LogP contribution in [0.3, 0.4) is 0 Å². The van der Waals surface area contributed by atoms with Gasteiger partial charge in [0.15, 0.2) is 12.4 Å². The fourth-order valence-corrected chi connectivity index (χ4v) is 0.588. The molecule has 4 heteroatoms. The zero-order valence-electron chi connectivity index (χ0n) is 5.87. The zero-order valence-corrected chi connectivity index (χ0v) is 5.87. The second kappa shape index (κ2) is 4.78. The van der Waals surface area contributed by atoms with E-state index in [1.165, 1.54) is 0 Å². The normalized spacial score (nSPS) is 12.1. The van der Waals surface area contributed by atoms with E-state index in [1.54, 1.807) is 0 Å². The van der Waals surface area contributed by atoms with Crippen LogP contribution in [0, 0.1) is 0 Å². The Morgan fingerprint density at radius 2 is 2.40 bits per heavy atom. The second-order valence-corrected chi connectivity index (χ2v) is 1.90. The molecule has 0 radical (unpaired) electrons. The van der Waals surface area contributed by atoms with Gasteiger partial charge in [-0.15, -0.1) is 0 Å². The number of carbonyl (C=O) groups excluding carboxylic acids is 2. The molecule has 0 aromatic carbocycles. The van der Waals surface area contributed by atoms with Gasteiger partial charge in [-0.3, -0.25) is 4.79 Å². The van der Waals surface area contributed by atoms with Crippen molar-refractivity contribution in [1.29, 1.82) is 0 Å². The molecule has 0 saturated heterocycles. The minimum atomic E-state index is -0.898. The van der Waals surface area contributed by atoms with Crippen LogP contribution in [-0.4, -0.2) is 18.5 Å². The highest BCUT2D eigenvalue weighted by atomic mass is 16.6. The highest BCUT2D eigenvalue weighted by Crippen LogP contribution is 1.97. The second-order valence-electron chi connectivity index (χ2n) is 1.90. The van der Waals surface area contributed by atoms with Crippen LogP contribution >= 0.6 is 0 Å². The number of primary amides is 1. The summed E-state index contributed by atoms with van der Waals surface area (Å²) in [4.78, 5) is 20.2. The van der Waals surface area contributed by atoms with E-state index in [-0.39, 0.29) is 0 Å². The topological polar surface area (TPSA) is 69.4 Å². The van der Waals surface area contributed by atoms with Crippen LogP contribution in [0.2, 0.25) is 0 Å². The van der Waals surface area contributed by atoms with E-state index >= 15 is 0 Å². The molecule has 0 spiro atoms. The first-order valence-electron chi connectivity index (χ1n) is 3.12. The molecule has 1 unspecified atom stereocenters. The highest BCUT2D eigenvalue weighted by molar-refractivity contribution is 5.68. The number of rotatable bonds is 4. The van der Waals surface area contributed by atoms with Crippen LogP contribution in [0.4, 0.5) is 4.79 Å². The van der Waals surface area contributed by atoms with Crippen molar-refractivity contribution in [2.45, 2.75) is 25.9 Å². The minimum absolute atomic E-state index is 0.534. The van der Waals surface area contributed by atoms with Gasteiger partial charge in [0.05, 0.1) is 0 Å². The van der Waals surface area contributed by atoms with Gasteiger partial charge in [-0.25, -0.2) is 4.79 Å². The Balaban J connectivity index is 3.59. The third kappa shape index (κ3) is 3.88. The van der Waals surface area contributed by atoms with Gasteiger partial charge in [0.2, 0.25) is 0 Å². The van der Waals surface area contributed by atoms with Crippen LogP contribution < -0.4 is 5.73 Å². The van der Waals surface area contributed by atoms with Crippen molar-refractivity contribution in [3.8, 4) is 0 Å². The van der Waals surface area contributed by atoms with Gasteiger partial charge in [0.25, 0.3) is 0 Å². The van der Waals surface area contributed by atoms with Gasteiger partial charge in [-0.2, -0.15) is 0 Å². The van der Waals surface area contributed by atoms with Gasteiger partial charge in [-0.1, -0.05) is 13.3 Å². The summed E-state index contributed by atoms with van der Waals surface area (Å²) in [6.45, 7) is 1.89. The molecule has 0 aliphatic carbocycles. The van der Waals surface area contributed by atoms with Gasteiger partial charge >= 0.3 is 6.09 Å². The van der Waals surface area contributed by atoms with Crippen molar-refractivity contribution in [3.63, 3.8) is 0 Å². The Hall–Kier alpha value is -1.06. The zero-order chi connectivity index (χ0) is 7.98. The molecule has 0 rings (SSSR count). The molecule has 0 aromatic rings. The van der Waals surface area contributed by atoms with E-state index < -0.39 is 12.2 Å². The molecule has 0 bridgehead atoms. The maximum absolute atomic E-state index is 10.1. The number of aldehydes is 1. The lowest BCUT2D eigenvalue weighted by molar-refractivity contribution is -0.115. The molecule has 0 aliphatic heterocycles. The minimum Gasteiger partial charge on any atom is -0.439 e. The predicted molar refractivity (Wildman–Crippen MR) is 35.4 cm³/mol. The predicted octanol–water partition coefficient (Wildman–Crippen LogP) is 0.449. The lowest BCUT2D eigenvalue weighted by Gasteiger charge is -2.06. The van der Waals surface area contributed by atoms with Crippen LogP contribution in [0.5, 0.6) is 0 Å². The van der Waals surface area contributed by atoms with Crippen molar-refractivity contribution in [1.82, 2.24) is 0 Å². The number of hydrogen-bond donors (Lipinski definition) is 1. The van der Waals surface area contributed by atoms with Crippen molar-refractivity contribution >= 4 is 12.4 Å². The first kappa shape index (κ1) is 8.94. The average molecular weight is 145 g/mol. The van der Waals surface area contributed by atoms with E-state index in [4.69, 9.17) is 0 Å². The standard InChI is InChI=1S/C6H11NO3/c1-2-3-5(4-8)10-6(7)9/h4-5H,2-3H2,1H3,(H2,7,9). The van der Waals surface area contributed by atoms with E-state index in [2.05, 4.69) is 10.5 Å². The molecule has 4 nitrogen and oxygen atoms in total. The van der Waals surface area contributed by atoms with Gasteiger partial charge in [0.1, 0.15) is 0 Å². The molecule has 0 aromatic heterocycles. The summed E-state index contributed by atoms with van der Waals surface area (Å²) < 4.78 is 4.41. The Morgan fingerprint density at radius 1 is 1.80 bits per heavy atom. The molecule has 0 fully saturated rings. The third-order valence-corrected chi connectivity index (χ3v) is 0.993. The summed E-state index contributed by atoms with van der Waals surface area (Å²) >= 11 is 0. The first-order chi connectivity index (χ1) is 4.70. The molecule has 1 atom stereocenters. The third-order valence-electron chi connectivity index (χ3n) is 0.993. The molecule has 58 valence electrons. The summed E-state index contributed by atoms with van der Waals surface area (Å²) in [7, 11) is 0. The fourth-order valence-electron chi connectivity index (χ4n) is 0.588. The Bertz CT molecular complexity index is 124. The van der Waals surface area contributed by atoms with E-state index in [9.17, 15) is 9.59 Å². The molecule has 2 N–H and O–H groups in total. The average Bonchev–Trinajstić information content (AvgIpc) is 1.86. The van der Waals surface area contributed by atoms with E-state index in [0.29, 0.717) is 12.7 Å².